The molecule has 3 N–H and O–H groups in total. The predicted molar refractivity (Wildman–Crippen MR) is 72.5 cm³/mol. The van der Waals surface area contributed by atoms with Crippen LogP contribution in [0.25, 0.3) is 0 Å². The summed E-state index contributed by atoms with van der Waals surface area (Å²) in [6.45, 7) is 1.00. The van der Waals surface area contributed by atoms with E-state index in [0.717, 1.165) is 23.7 Å². The summed E-state index contributed by atoms with van der Waals surface area (Å²) in [5, 5.41) is 4.88. The standard InChI is InChI=1S/C13H24N2O3S/c14-19(16,17)15-2-1-3-18-13-11-5-9-4-10(7-11)8-12(13)6-9/h9-13,15H,1-8H2,(H2,14,16,17). The third kappa shape index (κ3) is 3.29. The minimum Gasteiger partial charge on any atom is -0.378 e. The molecular formula is C13H24N2O3S. The Hall–Kier alpha value is -0.170. The highest BCUT2D eigenvalue weighted by molar-refractivity contribution is 7.87. The van der Waals surface area contributed by atoms with Crippen molar-refractivity contribution in [2.75, 3.05) is 13.2 Å². The van der Waals surface area contributed by atoms with E-state index in [4.69, 9.17) is 9.88 Å². The van der Waals surface area contributed by atoms with Crippen LogP contribution in [-0.2, 0) is 14.9 Å². The zero-order chi connectivity index (χ0) is 13.5. The Bertz CT molecular complexity index is 396. The van der Waals surface area contributed by atoms with Gasteiger partial charge in [-0.05, 0) is 62.2 Å². The third-order valence-corrected chi connectivity index (χ3v) is 5.68. The van der Waals surface area contributed by atoms with E-state index in [9.17, 15) is 8.42 Å². The number of nitrogens with two attached hydrogens (primary N) is 1. The fourth-order valence-electron chi connectivity index (χ4n) is 4.65. The molecule has 0 aromatic heterocycles. The first kappa shape index (κ1) is 13.8. The topological polar surface area (TPSA) is 81.4 Å². The summed E-state index contributed by atoms with van der Waals surface area (Å²) in [7, 11) is -3.55. The van der Waals surface area contributed by atoms with E-state index < -0.39 is 10.2 Å². The van der Waals surface area contributed by atoms with Crippen LogP contribution in [0.5, 0.6) is 0 Å². The van der Waals surface area contributed by atoms with E-state index >= 15 is 0 Å². The molecule has 5 nitrogen and oxygen atoms in total. The first-order valence-corrected chi connectivity index (χ1v) is 8.95. The monoisotopic (exact) mass is 288 g/mol. The molecule has 0 unspecified atom stereocenters. The lowest BCUT2D eigenvalue weighted by molar-refractivity contribution is -0.126. The van der Waals surface area contributed by atoms with Gasteiger partial charge < -0.3 is 4.74 Å². The molecule has 0 aliphatic heterocycles. The number of hydrogen-bond donors (Lipinski definition) is 2. The van der Waals surface area contributed by atoms with Gasteiger partial charge in [-0.3, -0.25) is 0 Å². The molecule has 4 fully saturated rings. The SMILES string of the molecule is NS(=O)(=O)NCCCOC1C2CC3CC(C2)CC1C3. The number of hydrogen-bond acceptors (Lipinski definition) is 3. The smallest absolute Gasteiger partial charge is 0.274 e. The summed E-state index contributed by atoms with van der Waals surface area (Å²) in [4.78, 5) is 0. The highest BCUT2D eigenvalue weighted by Crippen LogP contribution is 2.54. The van der Waals surface area contributed by atoms with Crippen LogP contribution in [0.15, 0.2) is 0 Å². The van der Waals surface area contributed by atoms with Gasteiger partial charge in [0.05, 0.1) is 6.10 Å². The van der Waals surface area contributed by atoms with E-state index in [2.05, 4.69) is 4.72 Å². The maximum absolute atomic E-state index is 10.7. The van der Waals surface area contributed by atoms with Crippen molar-refractivity contribution >= 4 is 10.2 Å². The lowest BCUT2D eigenvalue weighted by Gasteiger charge is -2.54. The molecule has 4 bridgehead atoms. The summed E-state index contributed by atoms with van der Waals surface area (Å²) < 4.78 is 29.8. The number of ether oxygens (including phenoxy) is 1. The molecule has 4 aliphatic rings. The molecule has 4 saturated carbocycles. The van der Waals surface area contributed by atoms with Gasteiger partial charge in [-0.15, -0.1) is 0 Å². The minimum absolute atomic E-state index is 0.367. The number of nitrogens with one attached hydrogen (secondary N) is 1. The summed E-state index contributed by atoms with van der Waals surface area (Å²) in [6, 6.07) is 0. The van der Waals surface area contributed by atoms with E-state index in [-0.39, 0.29) is 0 Å². The summed E-state index contributed by atoms with van der Waals surface area (Å²) in [6.07, 6.45) is 8.00. The Morgan fingerprint density at radius 2 is 1.63 bits per heavy atom. The van der Waals surface area contributed by atoms with Crippen molar-refractivity contribution < 1.29 is 13.2 Å². The van der Waals surface area contributed by atoms with Crippen molar-refractivity contribution in [3.8, 4) is 0 Å². The van der Waals surface area contributed by atoms with Gasteiger partial charge in [0.1, 0.15) is 0 Å². The van der Waals surface area contributed by atoms with Crippen LogP contribution in [-0.4, -0.2) is 27.7 Å². The third-order valence-electron chi connectivity index (χ3n) is 5.07. The highest BCUT2D eigenvalue weighted by Gasteiger charge is 2.48. The van der Waals surface area contributed by atoms with Gasteiger partial charge >= 0.3 is 0 Å². The lowest BCUT2D eigenvalue weighted by Crippen LogP contribution is -2.49. The fraction of sp³-hybridized carbons (Fsp3) is 1.00. The van der Waals surface area contributed by atoms with Gasteiger partial charge in [-0.2, -0.15) is 8.42 Å². The van der Waals surface area contributed by atoms with Crippen molar-refractivity contribution in [3.05, 3.63) is 0 Å². The average molecular weight is 288 g/mol. The van der Waals surface area contributed by atoms with E-state index in [1.54, 1.807) is 0 Å². The molecule has 110 valence electrons. The van der Waals surface area contributed by atoms with Crippen LogP contribution in [0, 0.1) is 23.7 Å². The van der Waals surface area contributed by atoms with Crippen LogP contribution in [0.3, 0.4) is 0 Å². The molecule has 0 radical (unpaired) electrons. The lowest BCUT2D eigenvalue weighted by atomic mass is 9.55. The molecule has 4 aliphatic carbocycles. The van der Waals surface area contributed by atoms with Gasteiger partial charge in [0.15, 0.2) is 0 Å². The second-order valence-corrected chi connectivity index (χ2v) is 7.94. The zero-order valence-corrected chi connectivity index (χ0v) is 12.1. The minimum atomic E-state index is -3.55. The van der Waals surface area contributed by atoms with Gasteiger partial charge in [0.2, 0.25) is 0 Å². The van der Waals surface area contributed by atoms with Crippen molar-refractivity contribution in [3.63, 3.8) is 0 Å². The van der Waals surface area contributed by atoms with Crippen LogP contribution >= 0.6 is 0 Å². The molecule has 0 atom stereocenters. The maximum atomic E-state index is 10.7. The van der Waals surface area contributed by atoms with E-state index in [0.29, 0.717) is 25.7 Å². The summed E-state index contributed by atoms with van der Waals surface area (Å²) >= 11 is 0. The van der Waals surface area contributed by atoms with Crippen LogP contribution < -0.4 is 9.86 Å². The molecule has 0 amide bonds. The predicted octanol–water partition coefficient (Wildman–Crippen LogP) is 1.01. The van der Waals surface area contributed by atoms with Crippen molar-refractivity contribution in [1.82, 2.24) is 4.72 Å². The number of rotatable bonds is 6. The normalized spacial score (nSPS) is 40.8. The Labute approximate surface area is 115 Å². The maximum Gasteiger partial charge on any atom is 0.274 e. The Morgan fingerprint density at radius 3 is 2.16 bits per heavy atom. The Morgan fingerprint density at radius 1 is 1.05 bits per heavy atom. The average Bonchev–Trinajstić information content (AvgIpc) is 2.29. The van der Waals surface area contributed by atoms with E-state index in [1.165, 1.54) is 32.1 Å². The summed E-state index contributed by atoms with van der Waals surface area (Å²) in [5.74, 6) is 3.46. The van der Waals surface area contributed by atoms with Crippen molar-refractivity contribution in [2.24, 2.45) is 28.8 Å². The van der Waals surface area contributed by atoms with Crippen molar-refractivity contribution in [2.45, 2.75) is 44.6 Å². The van der Waals surface area contributed by atoms with E-state index in [1.807, 2.05) is 0 Å². The molecule has 6 heteroatoms. The van der Waals surface area contributed by atoms with Gasteiger partial charge in [0, 0.05) is 13.2 Å². The molecule has 0 saturated heterocycles. The molecule has 0 spiro atoms. The van der Waals surface area contributed by atoms with Gasteiger partial charge in [-0.25, -0.2) is 9.86 Å². The quantitative estimate of drug-likeness (QED) is 0.716. The van der Waals surface area contributed by atoms with Crippen molar-refractivity contribution in [1.29, 1.82) is 0 Å². The van der Waals surface area contributed by atoms with Gasteiger partial charge in [0.25, 0.3) is 10.2 Å². The second-order valence-electron chi connectivity index (χ2n) is 6.56. The first-order valence-electron chi connectivity index (χ1n) is 7.40. The summed E-state index contributed by atoms with van der Waals surface area (Å²) in [5.41, 5.74) is 0. The molecular weight excluding hydrogens is 264 g/mol. The molecule has 19 heavy (non-hydrogen) atoms. The molecule has 0 aromatic carbocycles. The van der Waals surface area contributed by atoms with Gasteiger partial charge in [-0.1, -0.05) is 0 Å². The Kier molecular flexibility index (Phi) is 3.86. The van der Waals surface area contributed by atoms with Crippen LogP contribution in [0.1, 0.15) is 38.5 Å². The Balaban J connectivity index is 1.41. The van der Waals surface area contributed by atoms with Crippen LogP contribution in [0.2, 0.25) is 0 Å². The molecule has 0 heterocycles. The molecule has 0 aromatic rings. The fourth-order valence-corrected chi connectivity index (χ4v) is 5.08. The largest absolute Gasteiger partial charge is 0.378 e. The first-order chi connectivity index (χ1) is 9.01. The highest BCUT2D eigenvalue weighted by atomic mass is 32.2. The zero-order valence-electron chi connectivity index (χ0n) is 11.3. The second kappa shape index (κ2) is 5.31. The molecule has 4 rings (SSSR count). The van der Waals surface area contributed by atoms with Crippen LogP contribution in [0.4, 0.5) is 0 Å².